The Morgan fingerprint density at radius 3 is 3.15 bits per heavy atom. The molecular formula is C12H10FN5O2. The highest BCUT2D eigenvalue weighted by molar-refractivity contribution is 6.00. The molecule has 3 rings (SSSR count). The monoisotopic (exact) mass is 275 g/mol. The van der Waals surface area contributed by atoms with Crippen molar-refractivity contribution in [2.75, 3.05) is 10.6 Å². The Morgan fingerprint density at radius 2 is 2.35 bits per heavy atom. The van der Waals surface area contributed by atoms with Crippen molar-refractivity contribution in [1.82, 2.24) is 14.8 Å². The maximum atomic E-state index is 13.1. The van der Waals surface area contributed by atoms with Crippen LogP contribution >= 0.6 is 0 Å². The third-order valence-electron chi connectivity index (χ3n) is 2.93. The number of carbonyl (C=O) groups is 2. The molecule has 0 spiro atoms. The molecule has 0 radical (unpaired) electrons. The lowest BCUT2D eigenvalue weighted by molar-refractivity contribution is -0.125. The van der Waals surface area contributed by atoms with Crippen LogP contribution in [0.25, 0.3) is 0 Å². The summed E-state index contributed by atoms with van der Waals surface area (Å²) in [4.78, 5) is 23.7. The highest BCUT2D eigenvalue weighted by Crippen LogP contribution is 2.23. The molecule has 2 amide bonds. The third kappa shape index (κ3) is 2.22. The van der Waals surface area contributed by atoms with Crippen molar-refractivity contribution in [2.45, 2.75) is 12.5 Å². The van der Waals surface area contributed by atoms with Crippen LogP contribution in [0.5, 0.6) is 0 Å². The summed E-state index contributed by atoms with van der Waals surface area (Å²) in [6, 6.07) is 4.78. The van der Waals surface area contributed by atoms with Crippen molar-refractivity contribution in [3.8, 4) is 0 Å². The van der Waals surface area contributed by atoms with Crippen molar-refractivity contribution in [3.05, 3.63) is 36.4 Å². The van der Waals surface area contributed by atoms with E-state index in [4.69, 9.17) is 0 Å². The van der Waals surface area contributed by atoms with Crippen LogP contribution in [0.3, 0.4) is 0 Å². The van der Waals surface area contributed by atoms with Crippen molar-refractivity contribution >= 4 is 23.5 Å². The largest absolute Gasteiger partial charge is 0.324 e. The molecule has 7 nitrogen and oxygen atoms in total. The van der Waals surface area contributed by atoms with Gasteiger partial charge in [-0.25, -0.2) is 4.39 Å². The fourth-order valence-corrected chi connectivity index (χ4v) is 2.02. The van der Waals surface area contributed by atoms with Gasteiger partial charge in [0.25, 0.3) is 0 Å². The molecule has 2 aromatic rings. The van der Waals surface area contributed by atoms with Crippen molar-refractivity contribution in [2.24, 2.45) is 0 Å². The molecular weight excluding hydrogens is 265 g/mol. The van der Waals surface area contributed by atoms with Crippen LogP contribution < -0.4 is 10.6 Å². The number of anilines is 2. The molecule has 0 aliphatic carbocycles. The first-order valence-electron chi connectivity index (χ1n) is 5.89. The van der Waals surface area contributed by atoms with E-state index in [-0.39, 0.29) is 18.3 Å². The van der Waals surface area contributed by atoms with Crippen molar-refractivity contribution in [1.29, 1.82) is 0 Å². The van der Waals surface area contributed by atoms with Gasteiger partial charge in [-0.05, 0) is 18.2 Å². The molecule has 8 heteroatoms. The Morgan fingerprint density at radius 1 is 1.50 bits per heavy atom. The van der Waals surface area contributed by atoms with Crippen LogP contribution in [-0.2, 0) is 9.59 Å². The standard InChI is InChI=1S/C12H10FN5O2/c13-7-2-1-3-8(4-7)15-11(20)9-5-10(19)16-12-17-14-6-18(9)12/h1-4,6,9H,5H2,(H,15,20)(H,16,17,19)/t9-/m0/s1. The molecule has 20 heavy (non-hydrogen) atoms. The van der Waals surface area contributed by atoms with Gasteiger partial charge in [0.2, 0.25) is 17.8 Å². The van der Waals surface area contributed by atoms with Gasteiger partial charge in [0.05, 0.1) is 6.42 Å². The number of nitrogens with one attached hydrogen (secondary N) is 2. The number of hydrogen-bond acceptors (Lipinski definition) is 4. The van der Waals surface area contributed by atoms with E-state index in [1.807, 2.05) is 0 Å². The summed E-state index contributed by atoms with van der Waals surface area (Å²) in [6.07, 6.45) is 1.34. The molecule has 0 bridgehead atoms. The maximum Gasteiger partial charge on any atom is 0.248 e. The molecule has 2 N–H and O–H groups in total. The number of nitrogens with zero attached hydrogens (tertiary/aromatic N) is 3. The molecule has 1 aliphatic rings. The van der Waals surface area contributed by atoms with Gasteiger partial charge in [0.1, 0.15) is 18.2 Å². The number of halogens is 1. The number of amides is 2. The number of carbonyl (C=O) groups excluding carboxylic acids is 2. The van der Waals surface area contributed by atoms with E-state index >= 15 is 0 Å². The summed E-state index contributed by atoms with van der Waals surface area (Å²) in [5.74, 6) is -0.966. The van der Waals surface area contributed by atoms with Crippen molar-refractivity contribution < 1.29 is 14.0 Å². The average Bonchev–Trinajstić information content (AvgIpc) is 2.85. The van der Waals surface area contributed by atoms with Crippen molar-refractivity contribution in [3.63, 3.8) is 0 Å². The Labute approximate surface area is 112 Å². The van der Waals surface area contributed by atoms with Gasteiger partial charge in [-0.2, -0.15) is 0 Å². The summed E-state index contributed by atoms with van der Waals surface area (Å²) < 4.78 is 14.5. The average molecular weight is 275 g/mol. The zero-order valence-corrected chi connectivity index (χ0v) is 10.2. The molecule has 0 saturated carbocycles. The number of rotatable bonds is 2. The molecule has 0 saturated heterocycles. The molecule has 2 heterocycles. The van der Waals surface area contributed by atoms with Crippen LogP contribution in [0, 0.1) is 5.82 Å². The second kappa shape index (κ2) is 4.72. The van der Waals surface area contributed by atoms with Gasteiger partial charge >= 0.3 is 0 Å². The second-order valence-corrected chi connectivity index (χ2v) is 4.33. The molecule has 1 aliphatic heterocycles. The summed E-state index contributed by atoms with van der Waals surface area (Å²) in [5, 5.41) is 12.4. The first-order valence-corrected chi connectivity index (χ1v) is 5.89. The van der Waals surface area contributed by atoms with Crippen LogP contribution in [0.15, 0.2) is 30.6 Å². The minimum atomic E-state index is -0.753. The summed E-state index contributed by atoms with van der Waals surface area (Å²) in [5.41, 5.74) is 0.329. The topological polar surface area (TPSA) is 88.9 Å². The van der Waals surface area contributed by atoms with Gasteiger partial charge in [0.15, 0.2) is 0 Å². The van der Waals surface area contributed by atoms with Crippen LogP contribution in [0.2, 0.25) is 0 Å². The van der Waals surface area contributed by atoms with Crippen LogP contribution in [-0.4, -0.2) is 26.6 Å². The fourth-order valence-electron chi connectivity index (χ4n) is 2.02. The predicted molar refractivity (Wildman–Crippen MR) is 67.3 cm³/mol. The number of fused-ring (bicyclic) bond motifs is 1. The maximum absolute atomic E-state index is 13.1. The second-order valence-electron chi connectivity index (χ2n) is 4.33. The van der Waals surface area contributed by atoms with E-state index in [2.05, 4.69) is 20.8 Å². The van der Waals surface area contributed by atoms with Gasteiger partial charge < -0.3 is 5.32 Å². The molecule has 1 atom stereocenters. The molecule has 1 aromatic carbocycles. The van der Waals surface area contributed by atoms with Gasteiger partial charge in [-0.3, -0.25) is 19.5 Å². The lowest BCUT2D eigenvalue weighted by Crippen LogP contribution is -2.35. The fraction of sp³-hybridized carbons (Fsp3) is 0.167. The minimum absolute atomic E-state index is 0.0216. The number of hydrogen-bond donors (Lipinski definition) is 2. The highest BCUT2D eigenvalue weighted by atomic mass is 19.1. The Bertz CT molecular complexity index is 684. The minimum Gasteiger partial charge on any atom is -0.324 e. The van der Waals surface area contributed by atoms with Gasteiger partial charge in [-0.15, -0.1) is 10.2 Å². The predicted octanol–water partition coefficient (Wildman–Crippen LogP) is 0.939. The first-order chi connectivity index (χ1) is 9.63. The highest BCUT2D eigenvalue weighted by Gasteiger charge is 2.31. The van der Waals surface area contributed by atoms with E-state index in [0.29, 0.717) is 5.69 Å². The van der Waals surface area contributed by atoms with E-state index in [1.54, 1.807) is 6.07 Å². The first kappa shape index (κ1) is 12.3. The summed E-state index contributed by atoms with van der Waals surface area (Å²) >= 11 is 0. The van der Waals surface area contributed by atoms with E-state index in [1.165, 1.54) is 29.1 Å². The van der Waals surface area contributed by atoms with Gasteiger partial charge in [-0.1, -0.05) is 6.07 Å². The quantitative estimate of drug-likeness (QED) is 0.853. The van der Waals surface area contributed by atoms with Crippen LogP contribution in [0.4, 0.5) is 16.0 Å². The number of aromatic nitrogens is 3. The summed E-state index contributed by atoms with van der Waals surface area (Å²) in [7, 11) is 0. The molecule has 0 fully saturated rings. The van der Waals surface area contributed by atoms with Gasteiger partial charge in [0, 0.05) is 5.69 Å². The van der Waals surface area contributed by atoms with E-state index in [9.17, 15) is 14.0 Å². The lowest BCUT2D eigenvalue weighted by atomic mass is 10.1. The summed E-state index contributed by atoms with van der Waals surface area (Å²) in [6.45, 7) is 0. The Hall–Kier alpha value is -2.77. The van der Waals surface area contributed by atoms with Crippen LogP contribution in [0.1, 0.15) is 12.5 Å². The zero-order valence-electron chi connectivity index (χ0n) is 10.2. The normalized spacial score (nSPS) is 17.2. The molecule has 1 aromatic heterocycles. The van der Waals surface area contributed by atoms with E-state index in [0.717, 1.165) is 0 Å². The Balaban J connectivity index is 1.83. The lowest BCUT2D eigenvalue weighted by Gasteiger charge is -2.23. The molecule has 0 unspecified atom stereocenters. The molecule has 102 valence electrons. The van der Waals surface area contributed by atoms with E-state index < -0.39 is 17.8 Å². The SMILES string of the molecule is O=C1C[C@@H](C(=O)Nc2cccc(F)c2)n2cnnc2N1. The number of benzene rings is 1. The third-order valence-corrected chi connectivity index (χ3v) is 2.93. The smallest absolute Gasteiger partial charge is 0.248 e. The Kier molecular flexibility index (Phi) is 2.90. The zero-order chi connectivity index (χ0) is 14.1.